The first-order valence-electron chi connectivity index (χ1n) is 7.91. The fourth-order valence-electron chi connectivity index (χ4n) is 2.33. The van der Waals surface area contributed by atoms with E-state index in [1.807, 2.05) is 28.8 Å². The van der Waals surface area contributed by atoms with E-state index in [9.17, 15) is 4.79 Å². The van der Waals surface area contributed by atoms with Crippen molar-refractivity contribution in [1.29, 1.82) is 0 Å². The average molecular weight is 358 g/mol. The number of hydrogen-bond donors (Lipinski definition) is 0. The number of ketones is 1. The summed E-state index contributed by atoms with van der Waals surface area (Å²) in [5.74, 6) is 0.499. The molecule has 124 valence electrons. The number of benzene rings is 1. The average Bonchev–Trinajstić information content (AvgIpc) is 3.29. The lowest BCUT2D eigenvalue weighted by Crippen LogP contribution is -2.06. The highest BCUT2D eigenvalue weighted by Gasteiger charge is 2.11. The zero-order valence-electron chi connectivity index (χ0n) is 13.5. The van der Waals surface area contributed by atoms with Gasteiger partial charge in [-0.25, -0.2) is 0 Å². The Hall–Kier alpha value is -1.92. The van der Waals surface area contributed by atoms with Crippen LogP contribution < -0.4 is 0 Å². The Morgan fingerprint density at radius 2 is 2.08 bits per heavy atom. The lowest BCUT2D eigenvalue weighted by Gasteiger charge is -2.05. The number of aromatic nitrogens is 3. The first kappa shape index (κ1) is 16.9. The van der Waals surface area contributed by atoms with Gasteiger partial charge in [-0.1, -0.05) is 49.0 Å². The molecule has 0 amide bonds. The third-order valence-corrected chi connectivity index (χ3v) is 5.69. The summed E-state index contributed by atoms with van der Waals surface area (Å²) in [6.07, 6.45) is 3.67. The van der Waals surface area contributed by atoms with Crippen molar-refractivity contribution in [2.24, 2.45) is 0 Å². The van der Waals surface area contributed by atoms with Crippen molar-refractivity contribution >= 4 is 28.9 Å². The summed E-state index contributed by atoms with van der Waals surface area (Å²) in [6.45, 7) is 2.94. The second-order valence-corrected chi connectivity index (χ2v) is 7.37. The molecule has 3 rings (SSSR count). The van der Waals surface area contributed by atoms with Crippen LogP contribution in [0.2, 0.25) is 0 Å². The van der Waals surface area contributed by atoms with Gasteiger partial charge in [-0.3, -0.25) is 4.79 Å². The van der Waals surface area contributed by atoms with E-state index < -0.39 is 0 Å². The van der Waals surface area contributed by atoms with Gasteiger partial charge in [0.15, 0.2) is 10.9 Å². The Balaban J connectivity index is 1.56. The number of hydrogen-bond acceptors (Lipinski definition) is 5. The molecule has 0 saturated carbocycles. The van der Waals surface area contributed by atoms with Crippen molar-refractivity contribution in [3.05, 3.63) is 64.1 Å². The highest BCUT2D eigenvalue weighted by molar-refractivity contribution is 7.99. The summed E-state index contributed by atoms with van der Waals surface area (Å²) in [7, 11) is 0. The van der Waals surface area contributed by atoms with Gasteiger partial charge in [0, 0.05) is 17.0 Å². The predicted octanol–water partition coefficient (Wildman–Crippen LogP) is 4.12. The first-order valence-corrected chi connectivity index (χ1v) is 9.78. The van der Waals surface area contributed by atoms with Gasteiger partial charge < -0.3 is 4.57 Å². The summed E-state index contributed by atoms with van der Waals surface area (Å²) in [4.78, 5) is 13.7. The highest BCUT2D eigenvalue weighted by Crippen LogP contribution is 2.18. The van der Waals surface area contributed by atoms with Crippen molar-refractivity contribution in [1.82, 2.24) is 14.8 Å². The van der Waals surface area contributed by atoms with Crippen molar-refractivity contribution in [3.63, 3.8) is 0 Å². The van der Waals surface area contributed by atoms with Crippen molar-refractivity contribution in [2.75, 3.05) is 5.75 Å². The van der Waals surface area contributed by atoms with Gasteiger partial charge in [0.05, 0.1) is 5.75 Å². The molecule has 24 heavy (non-hydrogen) atoms. The molecule has 0 atom stereocenters. The molecule has 0 bridgehead atoms. The van der Waals surface area contributed by atoms with Crippen LogP contribution in [-0.2, 0) is 19.4 Å². The lowest BCUT2D eigenvalue weighted by atomic mass is 10.1. The number of aryl methyl sites for hydroxylation is 3. The molecule has 0 aliphatic rings. The van der Waals surface area contributed by atoms with E-state index >= 15 is 0 Å². The van der Waals surface area contributed by atoms with Crippen LogP contribution in [0.15, 0.2) is 53.3 Å². The number of carbonyl (C=O) groups excluding carboxylic acids is 1. The summed E-state index contributed by atoms with van der Waals surface area (Å²) in [5, 5.41) is 11.0. The Morgan fingerprint density at radius 3 is 2.79 bits per heavy atom. The molecule has 0 radical (unpaired) electrons. The molecule has 0 fully saturated rings. The maximum Gasteiger partial charge on any atom is 0.191 e. The number of nitrogens with zero attached hydrogens (tertiary/aromatic N) is 3. The summed E-state index contributed by atoms with van der Waals surface area (Å²) >= 11 is 3.20. The molecular formula is C18H19N3OS2. The van der Waals surface area contributed by atoms with E-state index in [0.717, 1.165) is 30.1 Å². The van der Waals surface area contributed by atoms with Crippen molar-refractivity contribution in [3.8, 4) is 0 Å². The molecule has 0 aliphatic carbocycles. The monoisotopic (exact) mass is 357 g/mol. The Morgan fingerprint density at radius 1 is 1.25 bits per heavy atom. The number of thiophene rings is 1. The number of rotatable bonds is 8. The Labute approximate surface area is 149 Å². The Bertz CT molecular complexity index is 779. The molecular weight excluding hydrogens is 338 g/mol. The smallest absolute Gasteiger partial charge is 0.191 e. The summed E-state index contributed by atoms with van der Waals surface area (Å²) in [6, 6.07) is 12.0. The number of Topliss-reactive ketones (excluding diaryl/α,β-unsaturated/α-hetero) is 1. The van der Waals surface area contributed by atoms with Crippen molar-refractivity contribution < 1.29 is 4.79 Å². The number of thioether (sulfide) groups is 1. The van der Waals surface area contributed by atoms with Crippen LogP contribution in [0.1, 0.15) is 27.7 Å². The van der Waals surface area contributed by atoms with Crippen LogP contribution in [0.5, 0.6) is 0 Å². The van der Waals surface area contributed by atoms with Gasteiger partial charge in [0.1, 0.15) is 6.33 Å². The largest absolute Gasteiger partial charge is 0.308 e. The molecule has 3 aromatic rings. The summed E-state index contributed by atoms with van der Waals surface area (Å²) < 4.78 is 2.01. The minimum atomic E-state index is 0.121. The van der Waals surface area contributed by atoms with Crippen molar-refractivity contribution in [2.45, 2.75) is 31.5 Å². The highest BCUT2D eigenvalue weighted by atomic mass is 32.2. The van der Waals surface area contributed by atoms with Crippen LogP contribution in [0, 0.1) is 0 Å². The fraction of sp³-hybridized carbons (Fsp3) is 0.278. The summed E-state index contributed by atoms with van der Waals surface area (Å²) in [5.41, 5.74) is 2.00. The zero-order valence-corrected chi connectivity index (χ0v) is 15.1. The van der Waals surface area contributed by atoms with E-state index in [0.29, 0.717) is 5.75 Å². The normalized spacial score (nSPS) is 10.9. The molecule has 4 nitrogen and oxygen atoms in total. The van der Waals surface area contributed by atoms with Gasteiger partial charge in [0.25, 0.3) is 0 Å². The standard InChI is InChI=1S/C18H19N3OS2/c1-2-14-5-7-15(8-6-14)17(22)12-24-18-20-19-13-21(18)10-9-16-4-3-11-23-16/h3-8,11,13H,2,9-10,12H2,1H3. The van der Waals surface area contributed by atoms with Crippen LogP contribution >= 0.6 is 23.1 Å². The molecule has 1 aromatic carbocycles. The van der Waals surface area contributed by atoms with Gasteiger partial charge in [-0.15, -0.1) is 21.5 Å². The minimum Gasteiger partial charge on any atom is -0.308 e. The predicted molar refractivity (Wildman–Crippen MR) is 98.9 cm³/mol. The van der Waals surface area contributed by atoms with E-state index in [4.69, 9.17) is 0 Å². The van der Waals surface area contributed by atoms with E-state index in [1.54, 1.807) is 17.7 Å². The lowest BCUT2D eigenvalue weighted by molar-refractivity contribution is 0.102. The van der Waals surface area contributed by atoms with Gasteiger partial charge >= 0.3 is 0 Å². The van der Waals surface area contributed by atoms with E-state index in [2.05, 4.69) is 34.6 Å². The molecule has 0 spiro atoms. The Kier molecular flexibility index (Phi) is 5.82. The van der Waals surface area contributed by atoms with Crippen LogP contribution in [0.25, 0.3) is 0 Å². The third kappa shape index (κ3) is 4.33. The van der Waals surface area contributed by atoms with E-state index in [-0.39, 0.29) is 5.78 Å². The van der Waals surface area contributed by atoms with E-state index in [1.165, 1.54) is 22.2 Å². The second kappa shape index (κ2) is 8.26. The molecule has 0 N–H and O–H groups in total. The molecule has 6 heteroatoms. The van der Waals surface area contributed by atoms with Gasteiger partial charge in [0.2, 0.25) is 0 Å². The molecule has 2 aromatic heterocycles. The van der Waals surface area contributed by atoms with Crippen LogP contribution in [0.4, 0.5) is 0 Å². The second-order valence-electron chi connectivity index (χ2n) is 5.40. The SMILES string of the molecule is CCc1ccc(C(=O)CSc2nncn2CCc2cccs2)cc1. The molecule has 0 unspecified atom stereocenters. The topological polar surface area (TPSA) is 47.8 Å². The molecule has 0 saturated heterocycles. The van der Waals surface area contributed by atoms with Crippen LogP contribution in [0.3, 0.4) is 0 Å². The molecule has 0 aliphatic heterocycles. The third-order valence-electron chi connectivity index (χ3n) is 3.78. The maximum atomic E-state index is 12.3. The molecule has 2 heterocycles. The first-order chi connectivity index (χ1) is 11.8. The van der Waals surface area contributed by atoms with Crippen LogP contribution in [-0.4, -0.2) is 26.3 Å². The zero-order chi connectivity index (χ0) is 16.8. The maximum absolute atomic E-state index is 12.3. The van der Waals surface area contributed by atoms with Gasteiger partial charge in [-0.2, -0.15) is 0 Å². The minimum absolute atomic E-state index is 0.121. The fourth-order valence-corrected chi connectivity index (χ4v) is 3.87. The number of carbonyl (C=O) groups is 1. The van der Waals surface area contributed by atoms with Gasteiger partial charge in [-0.05, 0) is 29.9 Å². The quantitative estimate of drug-likeness (QED) is 0.449.